The molecule has 1 aromatic carbocycles. The lowest BCUT2D eigenvalue weighted by Gasteiger charge is -2.14. The first kappa shape index (κ1) is 13.6. The molecule has 1 fully saturated rings. The number of carbonyl (C=O) groups excluding carboxylic acids is 1. The molecule has 4 nitrogen and oxygen atoms in total. The molecule has 1 unspecified atom stereocenters. The quantitative estimate of drug-likeness (QED) is 0.855. The van der Waals surface area contributed by atoms with Crippen molar-refractivity contribution in [2.75, 3.05) is 0 Å². The molecule has 2 N–H and O–H groups in total. The van der Waals surface area contributed by atoms with Gasteiger partial charge in [0.1, 0.15) is 6.04 Å². The van der Waals surface area contributed by atoms with Gasteiger partial charge in [0.15, 0.2) is 0 Å². The first-order valence-electron chi connectivity index (χ1n) is 6.62. The molecule has 19 heavy (non-hydrogen) atoms. The van der Waals surface area contributed by atoms with Crippen LogP contribution in [0.4, 0.5) is 0 Å². The lowest BCUT2D eigenvalue weighted by atomic mass is 10.0. The zero-order valence-corrected chi connectivity index (χ0v) is 11.2. The summed E-state index contributed by atoms with van der Waals surface area (Å²) in [5.74, 6) is -0.754. The van der Waals surface area contributed by atoms with Gasteiger partial charge >= 0.3 is 5.97 Å². The highest BCUT2D eigenvalue weighted by atomic mass is 16.4. The van der Waals surface area contributed by atoms with Crippen LogP contribution < -0.4 is 5.32 Å². The third-order valence-electron chi connectivity index (χ3n) is 3.49. The van der Waals surface area contributed by atoms with E-state index in [0.717, 1.165) is 18.4 Å². The highest BCUT2D eigenvalue weighted by Crippen LogP contribution is 2.32. The maximum Gasteiger partial charge on any atom is 0.326 e. The highest BCUT2D eigenvalue weighted by Gasteiger charge is 2.37. The SMILES string of the molecule is CC(C)c1ccc(C(=O)NC(C(=O)O)C2CC2)cc1. The molecule has 1 amide bonds. The standard InChI is InChI=1S/C15H19NO3/c1-9(2)10-3-7-12(8-4-10)14(17)16-13(15(18)19)11-5-6-11/h3-4,7-9,11,13H,5-6H2,1-2H3,(H,16,17)(H,18,19). The van der Waals surface area contributed by atoms with Gasteiger partial charge in [0.05, 0.1) is 0 Å². The fourth-order valence-corrected chi connectivity index (χ4v) is 2.05. The van der Waals surface area contributed by atoms with E-state index in [1.54, 1.807) is 12.1 Å². The van der Waals surface area contributed by atoms with Crippen molar-refractivity contribution in [2.45, 2.75) is 38.6 Å². The zero-order chi connectivity index (χ0) is 14.0. The number of hydrogen-bond acceptors (Lipinski definition) is 2. The van der Waals surface area contributed by atoms with Crippen molar-refractivity contribution >= 4 is 11.9 Å². The molecule has 1 aromatic rings. The number of benzene rings is 1. The minimum atomic E-state index is -0.949. The molecule has 1 aliphatic rings. The number of carbonyl (C=O) groups is 2. The van der Waals surface area contributed by atoms with Gasteiger partial charge < -0.3 is 10.4 Å². The van der Waals surface area contributed by atoms with Gasteiger partial charge in [0.25, 0.3) is 5.91 Å². The third-order valence-corrected chi connectivity index (χ3v) is 3.49. The zero-order valence-electron chi connectivity index (χ0n) is 11.2. The van der Waals surface area contributed by atoms with E-state index in [1.807, 2.05) is 12.1 Å². The molecule has 1 atom stereocenters. The Morgan fingerprint density at radius 1 is 1.21 bits per heavy atom. The Labute approximate surface area is 112 Å². The van der Waals surface area contributed by atoms with Crippen molar-refractivity contribution in [3.05, 3.63) is 35.4 Å². The van der Waals surface area contributed by atoms with E-state index in [4.69, 9.17) is 5.11 Å². The Balaban J connectivity index is 2.04. The second kappa shape index (κ2) is 5.43. The Kier molecular flexibility index (Phi) is 3.88. The van der Waals surface area contributed by atoms with Gasteiger partial charge in [-0.3, -0.25) is 4.79 Å². The first-order valence-corrected chi connectivity index (χ1v) is 6.62. The summed E-state index contributed by atoms with van der Waals surface area (Å²) in [5.41, 5.74) is 1.67. The van der Waals surface area contributed by atoms with Crippen LogP contribution in [0.2, 0.25) is 0 Å². The van der Waals surface area contributed by atoms with Crippen LogP contribution in [-0.2, 0) is 4.79 Å². The maximum absolute atomic E-state index is 12.0. The second-order valence-electron chi connectivity index (χ2n) is 5.40. The third kappa shape index (κ3) is 3.34. The average Bonchev–Trinajstić information content (AvgIpc) is 3.19. The molecular formula is C15H19NO3. The van der Waals surface area contributed by atoms with Crippen LogP contribution in [-0.4, -0.2) is 23.0 Å². The summed E-state index contributed by atoms with van der Waals surface area (Å²) in [6.07, 6.45) is 1.76. The van der Waals surface area contributed by atoms with E-state index < -0.39 is 12.0 Å². The lowest BCUT2D eigenvalue weighted by molar-refractivity contribution is -0.139. The summed E-state index contributed by atoms with van der Waals surface area (Å²) in [5, 5.41) is 11.7. The number of amides is 1. The largest absolute Gasteiger partial charge is 0.480 e. The van der Waals surface area contributed by atoms with E-state index >= 15 is 0 Å². The number of rotatable bonds is 5. The Morgan fingerprint density at radius 2 is 1.79 bits per heavy atom. The van der Waals surface area contributed by atoms with Crippen LogP contribution in [0.25, 0.3) is 0 Å². The number of carboxylic acid groups (broad SMARTS) is 1. The number of nitrogens with one attached hydrogen (secondary N) is 1. The van der Waals surface area contributed by atoms with E-state index in [2.05, 4.69) is 19.2 Å². The molecule has 0 aromatic heterocycles. The van der Waals surface area contributed by atoms with Crippen LogP contribution in [0.1, 0.15) is 48.5 Å². The summed E-state index contributed by atoms with van der Waals surface area (Å²) >= 11 is 0. The van der Waals surface area contributed by atoms with Gasteiger partial charge in [-0.05, 0) is 42.4 Å². The number of carboxylic acids is 1. The predicted octanol–water partition coefficient (Wildman–Crippen LogP) is 2.40. The molecule has 0 saturated heterocycles. The summed E-state index contributed by atoms with van der Waals surface area (Å²) < 4.78 is 0. The molecule has 102 valence electrons. The molecule has 0 heterocycles. The molecule has 0 bridgehead atoms. The van der Waals surface area contributed by atoms with Gasteiger partial charge in [-0.1, -0.05) is 26.0 Å². The van der Waals surface area contributed by atoms with Crippen molar-refractivity contribution < 1.29 is 14.7 Å². The molecule has 0 aliphatic heterocycles. The molecule has 1 saturated carbocycles. The molecular weight excluding hydrogens is 242 g/mol. The summed E-state index contributed by atoms with van der Waals surface area (Å²) in [6, 6.07) is 6.56. The summed E-state index contributed by atoms with van der Waals surface area (Å²) in [6.45, 7) is 4.17. The van der Waals surface area contributed by atoms with Crippen LogP contribution in [0.5, 0.6) is 0 Å². The van der Waals surface area contributed by atoms with Crippen LogP contribution in [0.15, 0.2) is 24.3 Å². The molecule has 0 spiro atoms. The van der Waals surface area contributed by atoms with E-state index in [-0.39, 0.29) is 11.8 Å². The van der Waals surface area contributed by atoms with Crippen LogP contribution >= 0.6 is 0 Å². The van der Waals surface area contributed by atoms with Crippen molar-refractivity contribution in [3.63, 3.8) is 0 Å². The maximum atomic E-state index is 12.0. The predicted molar refractivity (Wildman–Crippen MR) is 72.1 cm³/mol. The minimum Gasteiger partial charge on any atom is -0.480 e. The molecule has 2 rings (SSSR count). The number of hydrogen-bond donors (Lipinski definition) is 2. The second-order valence-corrected chi connectivity index (χ2v) is 5.40. The number of aliphatic carboxylic acids is 1. The summed E-state index contributed by atoms with van der Waals surface area (Å²) in [4.78, 5) is 23.1. The van der Waals surface area contributed by atoms with Crippen LogP contribution in [0.3, 0.4) is 0 Å². The van der Waals surface area contributed by atoms with Crippen LogP contribution in [0, 0.1) is 5.92 Å². The van der Waals surface area contributed by atoms with Gasteiger partial charge in [0, 0.05) is 5.56 Å². The topological polar surface area (TPSA) is 66.4 Å². The van der Waals surface area contributed by atoms with E-state index in [0.29, 0.717) is 11.5 Å². The Morgan fingerprint density at radius 3 is 2.21 bits per heavy atom. The van der Waals surface area contributed by atoms with Crippen molar-refractivity contribution in [2.24, 2.45) is 5.92 Å². The van der Waals surface area contributed by atoms with Crippen molar-refractivity contribution in [3.8, 4) is 0 Å². The Hall–Kier alpha value is -1.84. The van der Waals surface area contributed by atoms with Gasteiger partial charge in [-0.2, -0.15) is 0 Å². The lowest BCUT2D eigenvalue weighted by Crippen LogP contribution is -2.42. The van der Waals surface area contributed by atoms with Crippen molar-refractivity contribution in [1.82, 2.24) is 5.32 Å². The monoisotopic (exact) mass is 261 g/mol. The minimum absolute atomic E-state index is 0.0939. The van der Waals surface area contributed by atoms with Gasteiger partial charge in [0.2, 0.25) is 0 Å². The normalized spacial score (nSPS) is 16.2. The molecule has 4 heteroatoms. The average molecular weight is 261 g/mol. The molecule has 0 radical (unpaired) electrons. The van der Waals surface area contributed by atoms with Crippen molar-refractivity contribution in [1.29, 1.82) is 0 Å². The smallest absolute Gasteiger partial charge is 0.326 e. The van der Waals surface area contributed by atoms with E-state index in [1.165, 1.54) is 0 Å². The fraction of sp³-hybridized carbons (Fsp3) is 0.467. The Bertz CT molecular complexity index is 475. The van der Waals surface area contributed by atoms with Gasteiger partial charge in [-0.25, -0.2) is 4.79 Å². The first-order chi connectivity index (χ1) is 8.99. The van der Waals surface area contributed by atoms with Gasteiger partial charge in [-0.15, -0.1) is 0 Å². The van der Waals surface area contributed by atoms with E-state index in [9.17, 15) is 9.59 Å². The fourth-order valence-electron chi connectivity index (χ4n) is 2.05. The summed E-state index contributed by atoms with van der Waals surface area (Å²) in [7, 11) is 0. The highest BCUT2D eigenvalue weighted by molar-refractivity contribution is 5.96. The molecule has 1 aliphatic carbocycles.